The zero-order chi connectivity index (χ0) is 14.2. The summed E-state index contributed by atoms with van der Waals surface area (Å²) < 4.78 is 11.4. The van der Waals surface area contributed by atoms with Crippen LogP contribution < -0.4 is 9.47 Å². The summed E-state index contributed by atoms with van der Waals surface area (Å²) >= 11 is 0. The molecule has 1 heterocycles. The molecule has 1 unspecified atom stereocenters. The van der Waals surface area contributed by atoms with Crippen molar-refractivity contribution in [2.75, 3.05) is 13.2 Å². The largest absolute Gasteiger partial charge is 0.490 e. The minimum absolute atomic E-state index is 0.192. The maximum absolute atomic E-state index is 11.1. The number of ether oxygens (including phenoxy) is 2. The van der Waals surface area contributed by atoms with Gasteiger partial charge in [-0.3, -0.25) is 0 Å². The molecule has 3 rings (SSSR count). The first-order valence-corrected chi connectivity index (χ1v) is 7.61. The van der Waals surface area contributed by atoms with E-state index in [4.69, 9.17) is 9.47 Å². The second-order valence-corrected chi connectivity index (χ2v) is 6.94. The van der Waals surface area contributed by atoms with Gasteiger partial charge >= 0.3 is 0 Å². The summed E-state index contributed by atoms with van der Waals surface area (Å²) in [6.45, 7) is 5.85. The molecular weight excluding hydrogens is 252 g/mol. The van der Waals surface area contributed by atoms with Crippen LogP contribution in [0, 0.1) is 5.41 Å². The number of benzene rings is 1. The first-order valence-electron chi connectivity index (χ1n) is 7.61. The lowest BCUT2D eigenvalue weighted by atomic mass is 9.67. The maximum atomic E-state index is 11.1. The normalized spacial score (nSPS) is 28.8. The number of hydrogen-bond donors (Lipinski definition) is 1. The molecule has 1 N–H and O–H groups in total. The van der Waals surface area contributed by atoms with Crippen LogP contribution in [0.1, 0.15) is 51.5 Å². The van der Waals surface area contributed by atoms with Gasteiger partial charge in [0.1, 0.15) is 0 Å². The molecule has 1 fully saturated rings. The third-order valence-corrected chi connectivity index (χ3v) is 4.50. The van der Waals surface area contributed by atoms with Gasteiger partial charge in [0.2, 0.25) is 0 Å². The summed E-state index contributed by atoms with van der Waals surface area (Å²) in [5.74, 6) is 1.57. The van der Waals surface area contributed by atoms with E-state index in [1.165, 1.54) is 6.42 Å². The van der Waals surface area contributed by atoms with Gasteiger partial charge in [-0.1, -0.05) is 19.9 Å². The monoisotopic (exact) mass is 276 g/mol. The second-order valence-electron chi connectivity index (χ2n) is 6.94. The number of rotatable bonds is 1. The van der Waals surface area contributed by atoms with Crippen LogP contribution in [0.3, 0.4) is 0 Å². The van der Waals surface area contributed by atoms with Gasteiger partial charge in [-0.25, -0.2) is 0 Å². The van der Waals surface area contributed by atoms with E-state index in [0.29, 0.717) is 13.2 Å². The van der Waals surface area contributed by atoms with Crippen LogP contribution in [0.2, 0.25) is 0 Å². The molecule has 20 heavy (non-hydrogen) atoms. The van der Waals surface area contributed by atoms with E-state index in [9.17, 15) is 5.11 Å². The predicted molar refractivity (Wildman–Crippen MR) is 78.2 cm³/mol. The van der Waals surface area contributed by atoms with E-state index in [1.807, 2.05) is 18.2 Å². The summed E-state index contributed by atoms with van der Waals surface area (Å²) in [5.41, 5.74) is 0.429. The average molecular weight is 276 g/mol. The van der Waals surface area contributed by atoms with Gasteiger partial charge in [-0.05, 0) is 48.8 Å². The van der Waals surface area contributed by atoms with Gasteiger partial charge in [-0.15, -0.1) is 0 Å². The first kappa shape index (κ1) is 13.7. The Labute approximate surface area is 120 Å². The van der Waals surface area contributed by atoms with Gasteiger partial charge in [0.05, 0.1) is 18.8 Å². The predicted octanol–water partition coefficient (Wildman–Crippen LogP) is 3.64. The Morgan fingerprint density at radius 3 is 2.50 bits per heavy atom. The molecule has 1 aliphatic heterocycles. The van der Waals surface area contributed by atoms with Crippen LogP contribution in [-0.2, 0) is 5.60 Å². The van der Waals surface area contributed by atoms with Gasteiger partial charge in [0.15, 0.2) is 11.5 Å². The Balaban J connectivity index is 1.91. The summed E-state index contributed by atoms with van der Waals surface area (Å²) in [6.07, 6.45) is 4.79. The third kappa shape index (κ3) is 2.64. The zero-order valence-corrected chi connectivity index (χ0v) is 12.4. The van der Waals surface area contributed by atoms with E-state index in [1.54, 1.807) is 0 Å². The van der Waals surface area contributed by atoms with Crippen LogP contribution in [-0.4, -0.2) is 18.3 Å². The summed E-state index contributed by atoms with van der Waals surface area (Å²) in [7, 11) is 0. The van der Waals surface area contributed by atoms with Crippen LogP contribution in [0.5, 0.6) is 11.5 Å². The van der Waals surface area contributed by atoms with Crippen molar-refractivity contribution >= 4 is 0 Å². The Hall–Kier alpha value is -1.22. The Bertz CT molecular complexity index is 495. The Kier molecular flexibility index (Phi) is 3.41. The maximum Gasteiger partial charge on any atom is 0.161 e. The van der Waals surface area contributed by atoms with E-state index in [0.717, 1.165) is 42.7 Å². The highest BCUT2D eigenvalue weighted by atomic mass is 16.5. The highest BCUT2D eigenvalue weighted by molar-refractivity contribution is 5.45. The summed E-state index contributed by atoms with van der Waals surface area (Å²) in [6, 6.07) is 5.91. The van der Waals surface area contributed by atoms with Crippen molar-refractivity contribution < 1.29 is 14.6 Å². The SMILES string of the molecule is CC1(C)CCCC(O)(c2ccc3c(c2)OCCCO3)C1. The van der Waals surface area contributed by atoms with Crippen molar-refractivity contribution in [3.8, 4) is 11.5 Å². The molecule has 0 saturated heterocycles. The lowest BCUT2D eigenvalue weighted by Crippen LogP contribution is -2.36. The Morgan fingerprint density at radius 1 is 1.00 bits per heavy atom. The van der Waals surface area contributed by atoms with Crippen molar-refractivity contribution in [3.63, 3.8) is 0 Å². The van der Waals surface area contributed by atoms with Crippen molar-refractivity contribution in [1.29, 1.82) is 0 Å². The highest BCUT2D eigenvalue weighted by Crippen LogP contribution is 2.47. The third-order valence-electron chi connectivity index (χ3n) is 4.50. The molecule has 1 aliphatic carbocycles. The molecule has 0 aromatic heterocycles. The molecule has 1 atom stereocenters. The van der Waals surface area contributed by atoms with Crippen molar-refractivity contribution in [2.45, 2.75) is 51.6 Å². The quantitative estimate of drug-likeness (QED) is 0.851. The molecule has 3 nitrogen and oxygen atoms in total. The molecule has 110 valence electrons. The highest BCUT2D eigenvalue weighted by Gasteiger charge is 2.40. The Morgan fingerprint density at radius 2 is 1.75 bits per heavy atom. The molecule has 1 aromatic carbocycles. The van der Waals surface area contributed by atoms with Crippen LogP contribution >= 0.6 is 0 Å². The van der Waals surface area contributed by atoms with Crippen molar-refractivity contribution in [1.82, 2.24) is 0 Å². The van der Waals surface area contributed by atoms with E-state index in [-0.39, 0.29) is 5.41 Å². The average Bonchev–Trinajstić information content (AvgIpc) is 2.61. The molecule has 1 aromatic rings. The molecule has 0 amide bonds. The van der Waals surface area contributed by atoms with Crippen LogP contribution in [0.4, 0.5) is 0 Å². The molecule has 3 heteroatoms. The minimum Gasteiger partial charge on any atom is -0.490 e. The lowest BCUT2D eigenvalue weighted by Gasteiger charge is -2.42. The summed E-state index contributed by atoms with van der Waals surface area (Å²) in [5, 5.41) is 11.1. The lowest BCUT2D eigenvalue weighted by molar-refractivity contribution is -0.0441. The van der Waals surface area contributed by atoms with Crippen molar-refractivity contribution in [2.24, 2.45) is 5.41 Å². The topological polar surface area (TPSA) is 38.7 Å². The van der Waals surface area contributed by atoms with Gasteiger partial charge in [0.25, 0.3) is 0 Å². The molecule has 0 bridgehead atoms. The van der Waals surface area contributed by atoms with E-state index in [2.05, 4.69) is 13.8 Å². The minimum atomic E-state index is -0.730. The molecular formula is C17H24O3. The zero-order valence-electron chi connectivity index (χ0n) is 12.4. The summed E-state index contributed by atoms with van der Waals surface area (Å²) in [4.78, 5) is 0. The van der Waals surface area contributed by atoms with Gasteiger partial charge in [-0.2, -0.15) is 0 Å². The second kappa shape index (κ2) is 4.96. The molecule has 1 saturated carbocycles. The van der Waals surface area contributed by atoms with Crippen molar-refractivity contribution in [3.05, 3.63) is 23.8 Å². The first-order chi connectivity index (χ1) is 9.49. The van der Waals surface area contributed by atoms with E-state index >= 15 is 0 Å². The fraction of sp³-hybridized carbons (Fsp3) is 0.647. The van der Waals surface area contributed by atoms with E-state index < -0.39 is 5.60 Å². The molecule has 0 radical (unpaired) electrons. The smallest absolute Gasteiger partial charge is 0.161 e. The number of hydrogen-bond acceptors (Lipinski definition) is 3. The number of aliphatic hydroxyl groups is 1. The van der Waals surface area contributed by atoms with Crippen LogP contribution in [0.25, 0.3) is 0 Å². The fourth-order valence-electron chi connectivity index (χ4n) is 3.53. The molecule has 2 aliphatic rings. The van der Waals surface area contributed by atoms with Crippen LogP contribution in [0.15, 0.2) is 18.2 Å². The number of fused-ring (bicyclic) bond motifs is 1. The molecule has 0 spiro atoms. The fourth-order valence-corrected chi connectivity index (χ4v) is 3.53. The van der Waals surface area contributed by atoms with Gasteiger partial charge < -0.3 is 14.6 Å². The van der Waals surface area contributed by atoms with Gasteiger partial charge in [0, 0.05) is 6.42 Å². The standard InChI is InChI=1S/C17H24O3/c1-16(2)7-3-8-17(18,12-16)13-5-6-14-15(11-13)20-10-4-9-19-14/h5-6,11,18H,3-4,7-10,12H2,1-2H3.